The molecule has 1 rings (SSSR count). The summed E-state index contributed by atoms with van der Waals surface area (Å²) < 4.78 is 0. The SMILES string of the molecule is CNC(=O)C(C)N(C)Cc1ccccc1CN. The first-order valence-electron chi connectivity index (χ1n) is 5.78. The molecule has 0 bridgehead atoms. The van der Waals surface area contributed by atoms with E-state index in [4.69, 9.17) is 5.73 Å². The van der Waals surface area contributed by atoms with E-state index in [0.29, 0.717) is 6.54 Å². The minimum atomic E-state index is -0.147. The Bertz CT molecular complexity index is 379. The van der Waals surface area contributed by atoms with E-state index in [0.717, 1.165) is 12.1 Å². The van der Waals surface area contributed by atoms with Gasteiger partial charge in [-0.2, -0.15) is 0 Å². The van der Waals surface area contributed by atoms with Gasteiger partial charge in [0.2, 0.25) is 5.91 Å². The molecule has 1 atom stereocenters. The summed E-state index contributed by atoms with van der Waals surface area (Å²) in [5, 5.41) is 2.65. The van der Waals surface area contributed by atoms with Crippen LogP contribution in [-0.2, 0) is 17.9 Å². The lowest BCUT2D eigenvalue weighted by atomic mass is 10.1. The van der Waals surface area contributed by atoms with Crippen molar-refractivity contribution in [3.63, 3.8) is 0 Å². The average Bonchev–Trinajstić information content (AvgIpc) is 2.37. The van der Waals surface area contributed by atoms with Crippen LogP contribution in [0.25, 0.3) is 0 Å². The lowest BCUT2D eigenvalue weighted by molar-refractivity contribution is -0.125. The summed E-state index contributed by atoms with van der Waals surface area (Å²) in [6.45, 7) is 3.14. The monoisotopic (exact) mass is 235 g/mol. The van der Waals surface area contributed by atoms with Gasteiger partial charge in [-0.15, -0.1) is 0 Å². The maximum absolute atomic E-state index is 11.5. The number of nitrogens with two attached hydrogens (primary N) is 1. The van der Waals surface area contributed by atoms with Crippen molar-refractivity contribution in [3.8, 4) is 0 Å². The zero-order valence-corrected chi connectivity index (χ0v) is 10.7. The van der Waals surface area contributed by atoms with Gasteiger partial charge in [-0.3, -0.25) is 9.69 Å². The van der Waals surface area contributed by atoms with Crippen LogP contribution in [0.2, 0.25) is 0 Å². The first-order chi connectivity index (χ1) is 8.10. The van der Waals surface area contributed by atoms with Gasteiger partial charge in [0.05, 0.1) is 6.04 Å². The Morgan fingerprint density at radius 1 is 1.41 bits per heavy atom. The van der Waals surface area contributed by atoms with Crippen molar-refractivity contribution in [2.45, 2.75) is 26.1 Å². The molecular formula is C13H21N3O. The second-order valence-electron chi connectivity index (χ2n) is 4.18. The van der Waals surface area contributed by atoms with E-state index in [-0.39, 0.29) is 11.9 Å². The number of carbonyl (C=O) groups is 1. The van der Waals surface area contributed by atoms with Gasteiger partial charge in [0.1, 0.15) is 0 Å². The highest BCUT2D eigenvalue weighted by molar-refractivity contribution is 5.80. The molecule has 17 heavy (non-hydrogen) atoms. The normalized spacial score (nSPS) is 12.5. The molecule has 0 radical (unpaired) electrons. The highest BCUT2D eigenvalue weighted by Crippen LogP contribution is 2.11. The van der Waals surface area contributed by atoms with Crippen LogP contribution in [0, 0.1) is 0 Å². The average molecular weight is 235 g/mol. The first kappa shape index (κ1) is 13.7. The number of benzene rings is 1. The molecule has 0 aliphatic heterocycles. The predicted octanol–water partition coefficient (Wildman–Crippen LogP) is 0.712. The highest BCUT2D eigenvalue weighted by atomic mass is 16.2. The number of nitrogens with one attached hydrogen (secondary N) is 1. The molecule has 4 nitrogen and oxygen atoms in total. The Kier molecular flexibility index (Phi) is 5.12. The van der Waals surface area contributed by atoms with Gasteiger partial charge in [0.15, 0.2) is 0 Å². The van der Waals surface area contributed by atoms with Crippen molar-refractivity contribution in [1.82, 2.24) is 10.2 Å². The molecule has 0 aliphatic carbocycles. The Hall–Kier alpha value is -1.39. The summed E-state index contributed by atoms with van der Waals surface area (Å²) >= 11 is 0. The van der Waals surface area contributed by atoms with Crippen LogP contribution < -0.4 is 11.1 Å². The summed E-state index contributed by atoms with van der Waals surface area (Å²) in [6, 6.07) is 7.90. The zero-order valence-electron chi connectivity index (χ0n) is 10.7. The quantitative estimate of drug-likeness (QED) is 0.790. The second kappa shape index (κ2) is 6.37. The molecule has 0 aromatic heterocycles. The third-order valence-corrected chi connectivity index (χ3v) is 3.05. The number of carbonyl (C=O) groups excluding carboxylic acids is 1. The van der Waals surface area contributed by atoms with Crippen molar-refractivity contribution >= 4 is 5.91 Å². The highest BCUT2D eigenvalue weighted by Gasteiger charge is 2.17. The Labute approximate surface area is 103 Å². The maximum atomic E-state index is 11.5. The predicted molar refractivity (Wildman–Crippen MR) is 69.3 cm³/mol. The molecule has 1 aromatic rings. The molecule has 1 amide bonds. The van der Waals surface area contributed by atoms with E-state index in [9.17, 15) is 4.79 Å². The number of likely N-dealkylation sites (N-methyl/N-ethyl adjacent to an activating group) is 2. The van der Waals surface area contributed by atoms with Crippen molar-refractivity contribution in [2.75, 3.05) is 14.1 Å². The van der Waals surface area contributed by atoms with Gasteiger partial charge < -0.3 is 11.1 Å². The van der Waals surface area contributed by atoms with Crippen LogP contribution in [0.3, 0.4) is 0 Å². The molecule has 3 N–H and O–H groups in total. The van der Waals surface area contributed by atoms with Crippen molar-refractivity contribution in [2.24, 2.45) is 5.73 Å². The van der Waals surface area contributed by atoms with Crippen LogP contribution in [0.15, 0.2) is 24.3 Å². The molecule has 1 aromatic carbocycles. The van der Waals surface area contributed by atoms with Gasteiger partial charge in [-0.25, -0.2) is 0 Å². The molecule has 0 spiro atoms. The summed E-state index contributed by atoms with van der Waals surface area (Å²) in [4.78, 5) is 13.5. The topological polar surface area (TPSA) is 58.4 Å². The van der Waals surface area contributed by atoms with E-state index in [1.807, 2.05) is 37.1 Å². The number of nitrogens with zero attached hydrogens (tertiary/aromatic N) is 1. The fourth-order valence-electron chi connectivity index (χ4n) is 1.73. The van der Waals surface area contributed by atoms with Gasteiger partial charge in [0, 0.05) is 20.1 Å². The summed E-state index contributed by atoms with van der Waals surface area (Å²) in [5.41, 5.74) is 7.99. The Morgan fingerprint density at radius 2 is 2.00 bits per heavy atom. The molecular weight excluding hydrogens is 214 g/mol. The van der Waals surface area contributed by atoms with Crippen LogP contribution in [0.5, 0.6) is 0 Å². The van der Waals surface area contributed by atoms with Gasteiger partial charge >= 0.3 is 0 Å². The fraction of sp³-hybridized carbons (Fsp3) is 0.462. The van der Waals surface area contributed by atoms with E-state index < -0.39 is 0 Å². The summed E-state index contributed by atoms with van der Waals surface area (Å²) in [7, 11) is 3.59. The second-order valence-corrected chi connectivity index (χ2v) is 4.18. The third-order valence-electron chi connectivity index (χ3n) is 3.05. The lowest BCUT2D eigenvalue weighted by Gasteiger charge is -2.24. The smallest absolute Gasteiger partial charge is 0.236 e. The summed E-state index contributed by atoms with van der Waals surface area (Å²) in [5.74, 6) is 0.0257. The lowest BCUT2D eigenvalue weighted by Crippen LogP contribution is -2.41. The van der Waals surface area contributed by atoms with Gasteiger partial charge in [-0.1, -0.05) is 24.3 Å². The van der Waals surface area contributed by atoms with Crippen molar-refractivity contribution in [3.05, 3.63) is 35.4 Å². The molecule has 0 saturated carbocycles. The van der Waals surface area contributed by atoms with Crippen molar-refractivity contribution < 1.29 is 4.79 Å². The Balaban J connectivity index is 2.73. The van der Waals surface area contributed by atoms with E-state index in [2.05, 4.69) is 11.4 Å². The minimum absolute atomic E-state index is 0.0257. The number of hydrogen-bond acceptors (Lipinski definition) is 3. The molecule has 0 aliphatic rings. The van der Waals surface area contributed by atoms with Crippen molar-refractivity contribution in [1.29, 1.82) is 0 Å². The van der Waals surface area contributed by atoms with Crippen LogP contribution in [-0.4, -0.2) is 30.9 Å². The van der Waals surface area contributed by atoms with Crippen LogP contribution >= 0.6 is 0 Å². The standard InChI is InChI=1S/C13H21N3O/c1-10(13(17)15-2)16(3)9-12-7-5-4-6-11(12)8-14/h4-7,10H,8-9,14H2,1-3H3,(H,15,17). The van der Waals surface area contributed by atoms with Crippen LogP contribution in [0.1, 0.15) is 18.1 Å². The number of amides is 1. The van der Waals surface area contributed by atoms with Gasteiger partial charge in [0.25, 0.3) is 0 Å². The number of rotatable bonds is 5. The molecule has 0 fully saturated rings. The number of hydrogen-bond donors (Lipinski definition) is 2. The van der Waals surface area contributed by atoms with E-state index in [1.54, 1.807) is 7.05 Å². The Morgan fingerprint density at radius 3 is 2.53 bits per heavy atom. The summed E-state index contributed by atoms with van der Waals surface area (Å²) in [6.07, 6.45) is 0. The molecule has 0 heterocycles. The zero-order chi connectivity index (χ0) is 12.8. The molecule has 0 saturated heterocycles. The van der Waals surface area contributed by atoms with E-state index >= 15 is 0 Å². The first-order valence-corrected chi connectivity index (χ1v) is 5.78. The van der Waals surface area contributed by atoms with E-state index in [1.165, 1.54) is 5.56 Å². The van der Waals surface area contributed by atoms with Crippen LogP contribution in [0.4, 0.5) is 0 Å². The molecule has 4 heteroatoms. The molecule has 94 valence electrons. The third kappa shape index (κ3) is 3.54. The molecule has 1 unspecified atom stereocenters. The maximum Gasteiger partial charge on any atom is 0.236 e. The fourth-order valence-corrected chi connectivity index (χ4v) is 1.73. The van der Waals surface area contributed by atoms with Gasteiger partial charge in [-0.05, 0) is 25.1 Å². The largest absolute Gasteiger partial charge is 0.358 e. The minimum Gasteiger partial charge on any atom is -0.358 e.